The van der Waals surface area contributed by atoms with Gasteiger partial charge in [-0.05, 0) is 22.4 Å². The Kier molecular flexibility index (Phi) is 2.60. The summed E-state index contributed by atoms with van der Waals surface area (Å²) in [7, 11) is 0. The van der Waals surface area contributed by atoms with Crippen LogP contribution in [-0.4, -0.2) is 24.3 Å². The van der Waals surface area contributed by atoms with Crippen molar-refractivity contribution < 1.29 is 19.1 Å². The van der Waals surface area contributed by atoms with Crippen molar-refractivity contribution in [2.24, 2.45) is 0 Å². The van der Waals surface area contributed by atoms with Crippen molar-refractivity contribution in [3.63, 3.8) is 0 Å². The highest BCUT2D eigenvalue weighted by Gasteiger charge is 2.25. The second kappa shape index (κ2) is 3.74. The molecule has 0 aliphatic carbocycles. The molecule has 2 rings (SSSR count). The van der Waals surface area contributed by atoms with Crippen LogP contribution in [0.1, 0.15) is 28.7 Å². The zero-order valence-electron chi connectivity index (χ0n) is 7.33. The number of rotatable bonds is 2. The Labute approximate surface area is 89.0 Å². The number of carboxylic acid groups (broad SMARTS) is 1. The SMILES string of the molecule is O=C(O)c1cc(Br)c(C2CCOC2)o1. The second-order valence-corrected chi connectivity index (χ2v) is 4.04. The zero-order valence-corrected chi connectivity index (χ0v) is 8.91. The Balaban J connectivity index is 2.28. The minimum absolute atomic E-state index is 0.0289. The van der Waals surface area contributed by atoms with E-state index in [4.69, 9.17) is 14.3 Å². The zero-order chi connectivity index (χ0) is 10.1. The Bertz CT molecular complexity index is 352. The molecule has 1 saturated heterocycles. The topological polar surface area (TPSA) is 59.7 Å². The minimum Gasteiger partial charge on any atom is -0.475 e. The van der Waals surface area contributed by atoms with Crippen molar-refractivity contribution in [1.29, 1.82) is 0 Å². The standard InChI is InChI=1S/C9H9BrO4/c10-6-3-7(9(11)12)14-8(6)5-1-2-13-4-5/h3,5H,1-2,4H2,(H,11,12). The fourth-order valence-electron chi connectivity index (χ4n) is 1.51. The molecule has 1 aliphatic rings. The van der Waals surface area contributed by atoms with Crippen LogP contribution in [0.5, 0.6) is 0 Å². The first-order valence-corrected chi connectivity index (χ1v) is 5.08. The van der Waals surface area contributed by atoms with E-state index in [1.165, 1.54) is 6.07 Å². The van der Waals surface area contributed by atoms with Gasteiger partial charge in [-0.1, -0.05) is 0 Å². The van der Waals surface area contributed by atoms with Crippen LogP contribution in [0.15, 0.2) is 15.0 Å². The quantitative estimate of drug-likeness (QED) is 0.886. The number of aromatic carboxylic acids is 1. The summed E-state index contributed by atoms with van der Waals surface area (Å²) in [6.07, 6.45) is 0.880. The van der Waals surface area contributed by atoms with Crippen LogP contribution in [0.3, 0.4) is 0 Å². The molecular weight excluding hydrogens is 252 g/mol. The van der Waals surface area contributed by atoms with Crippen LogP contribution in [0.4, 0.5) is 0 Å². The number of hydrogen-bond acceptors (Lipinski definition) is 3. The molecule has 1 unspecified atom stereocenters. The molecule has 76 valence electrons. The summed E-state index contributed by atoms with van der Waals surface area (Å²) in [5.74, 6) is -0.216. The third-order valence-electron chi connectivity index (χ3n) is 2.22. The minimum atomic E-state index is -1.05. The number of furan rings is 1. The molecule has 0 radical (unpaired) electrons. The lowest BCUT2D eigenvalue weighted by Crippen LogP contribution is -1.96. The van der Waals surface area contributed by atoms with Crippen LogP contribution < -0.4 is 0 Å². The average molecular weight is 261 g/mol. The summed E-state index contributed by atoms with van der Waals surface area (Å²) in [5.41, 5.74) is 0. The van der Waals surface area contributed by atoms with Gasteiger partial charge < -0.3 is 14.3 Å². The molecule has 0 saturated carbocycles. The molecule has 14 heavy (non-hydrogen) atoms. The average Bonchev–Trinajstić information content (AvgIpc) is 2.71. The molecule has 1 aromatic heterocycles. The van der Waals surface area contributed by atoms with Gasteiger partial charge >= 0.3 is 5.97 Å². The summed E-state index contributed by atoms with van der Waals surface area (Å²) < 4.78 is 11.2. The number of carbonyl (C=O) groups is 1. The van der Waals surface area contributed by atoms with Gasteiger partial charge in [0.05, 0.1) is 11.1 Å². The van der Waals surface area contributed by atoms with E-state index in [-0.39, 0.29) is 11.7 Å². The van der Waals surface area contributed by atoms with Crippen LogP contribution in [0.25, 0.3) is 0 Å². The molecule has 5 heteroatoms. The van der Waals surface area contributed by atoms with E-state index in [1.54, 1.807) is 0 Å². The molecule has 1 fully saturated rings. The maximum Gasteiger partial charge on any atom is 0.371 e. The predicted molar refractivity (Wildman–Crippen MR) is 51.5 cm³/mol. The number of ether oxygens (including phenoxy) is 1. The predicted octanol–water partition coefficient (Wildman–Crippen LogP) is 2.24. The van der Waals surface area contributed by atoms with Gasteiger partial charge in [0.25, 0.3) is 0 Å². The molecular formula is C9H9BrO4. The Morgan fingerprint density at radius 2 is 2.43 bits per heavy atom. The third-order valence-corrected chi connectivity index (χ3v) is 2.84. The molecule has 0 bridgehead atoms. The fourth-order valence-corrected chi connectivity index (χ4v) is 2.12. The van der Waals surface area contributed by atoms with E-state index in [9.17, 15) is 4.79 Å². The highest BCUT2D eigenvalue weighted by atomic mass is 79.9. The first-order chi connectivity index (χ1) is 6.68. The molecule has 0 spiro atoms. The monoisotopic (exact) mass is 260 g/mol. The van der Waals surface area contributed by atoms with E-state index in [2.05, 4.69) is 15.9 Å². The van der Waals surface area contributed by atoms with Crippen LogP contribution in [-0.2, 0) is 4.74 Å². The number of halogens is 1. The highest BCUT2D eigenvalue weighted by Crippen LogP contribution is 2.33. The Morgan fingerprint density at radius 3 is 2.93 bits per heavy atom. The van der Waals surface area contributed by atoms with E-state index >= 15 is 0 Å². The summed E-state index contributed by atoms with van der Waals surface area (Å²) in [4.78, 5) is 10.6. The lowest BCUT2D eigenvalue weighted by atomic mass is 10.1. The third kappa shape index (κ3) is 1.69. The van der Waals surface area contributed by atoms with Crippen LogP contribution in [0, 0.1) is 0 Å². The molecule has 0 amide bonds. The van der Waals surface area contributed by atoms with Crippen molar-refractivity contribution in [3.8, 4) is 0 Å². The lowest BCUT2D eigenvalue weighted by Gasteiger charge is -2.02. The van der Waals surface area contributed by atoms with Crippen molar-refractivity contribution in [1.82, 2.24) is 0 Å². The van der Waals surface area contributed by atoms with Crippen molar-refractivity contribution >= 4 is 21.9 Å². The van der Waals surface area contributed by atoms with E-state index in [0.29, 0.717) is 23.4 Å². The highest BCUT2D eigenvalue weighted by molar-refractivity contribution is 9.10. The van der Waals surface area contributed by atoms with Gasteiger partial charge in [-0.3, -0.25) is 0 Å². The Hall–Kier alpha value is -0.810. The molecule has 1 aliphatic heterocycles. The molecule has 0 aromatic carbocycles. The fraction of sp³-hybridized carbons (Fsp3) is 0.444. The maximum absolute atomic E-state index is 10.6. The molecule has 4 nitrogen and oxygen atoms in total. The molecule has 1 N–H and O–H groups in total. The largest absolute Gasteiger partial charge is 0.475 e. The first kappa shape index (κ1) is 9.73. The summed E-state index contributed by atoms with van der Waals surface area (Å²) in [6, 6.07) is 1.48. The summed E-state index contributed by atoms with van der Waals surface area (Å²) >= 11 is 3.28. The van der Waals surface area contributed by atoms with E-state index in [0.717, 1.165) is 6.42 Å². The summed E-state index contributed by atoms with van der Waals surface area (Å²) in [6.45, 7) is 1.31. The maximum atomic E-state index is 10.6. The van der Waals surface area contributed by atoms with Gasteiger partial charge in [-0.15, -0.1) is 0 Å². The van der Waals surface area contributed by atoms with Crippen molar-refractivity contribution in [2.45, 2.75) is 12.3 Å². The number of carboxylic acids is 1. The molecule has 2 heterocycles. The van der Waals surface area contributed by atoms with Crippen molar-refractivity contribution in [2.75, 3.05) is 13.2 Å². The molecule has 1 atom stereocenters. The van der Waals surface area contributed by atoms with Gasteiger partial charge in [0, 0.05) is 18.6 Å². The summed E-state index contributed by atoms with van der Waals surface area (Å²) in [5, 5.41) is 8.72. The normalized spacial score (nSPS) is 21.4. The molecule has 1 aromatic rings. The van der Waals surface area contributed by atoms with Gasteiger partial charge in [0.1, 0.15) is 5.76 Å². The van der Waals surface area contributed by atoms with E-state index in [1.807, 2.05) is 0 Å². The van der Waals surface area contributed by atoms with Crippen molar-refractivity contribution in [3.05, 3.63) is 22.1 Å². The second-order valence-electron chi connectivity index (χ2n) is 3.19. The smallest absolute Gasteiger partial charge is 0.371 e. The Morgan fingerprint density at radius 1 is 1.64 bits per heavy atom. The van der Waals surface area contributed by atoms with Gasteiger partial charge in [0.15, 0.2) is 0 Å². The van der Waals surface area contributed by atoms with Crippen LogP contribution >= 0.6 is 15.9 Å². The van der Waals surface area contributed by atoms with Gasteiger partial charge in [-0.2, -0.15) is 0 Å². The lowest BCUT2D eigenvalue weighted by molar-refractivity contribution is 0.0659. The van der Waals surface area contributed by atoms with Crippen LogP contribution in [0.2, 0.25) is 0 Å². The van der Waals surface area contributed by atoms with Gasteiger partial charge in [0.2, 0.25) is 5.76 Å². The van der Waals surface area contributed by atoms with E-state index < -0.39 is 5.97 Å². The number of hydrogen-bond donors (Lipinski definition) is 1. The first-order valence-electron chi connectivity index (χ1n) is 4.28. The van der Waals surface area contributed by atoms with Gasteiger partial charge in [-0.25, -0.2) is 4.79 Å².